The van der Waals surface area contributed by atoms with Gasteiger partial charge in [0.15, 0.2) is 0 Å². The standard InChI is InChI=1S/C24H28FN3O/c1-16(2)28(24(29)20-7-6-8-21(25)13-20)15-23-26-9-10-27(23)14-22-18(4)11-17(3)12-19(22)5/h6-13,16H,14-15H2,1-5H3. The molecule has 0 aliphatic heterocycles. The lowest BCUT2D eigenvalue weighted by molar-refractivity contribution is 0.0682. The number of amides is 1. The first kappa shape index (κ1) is 20.8. The molecule has 3 rings (SSSR count). The van der Waals surface area contributed by atoms with Crippen LogP contribution in [0.3, 0.4) is 0 Å². The first-order valence-corrected chi connectivity index (χ1v) is 9.89. The lowest BCUT2D eigenvalue weighted by Gasteiger charge is -2.27. The predicted molar refractivity (Wildman–Crippen MR) is 113 cm³/mol. The number of hydrogen-bond acceptors (Lipinski definition) is 2. The summed E-state index contributed by atoms with van der Waals surface area (Å²) < 4.78 is 15.7. The Bertz CT molecular complexity index is 999. The highest BCUT2D eigenvalue weighted by Gasteiger charge is 2.21. The molecule has 4 nitrogen and oxygen atoms in total. The molecule has 5 heteroatoms. The molecule has 152 valence electrons. The third-order valence-electron chi connectivity index (χ3n) is 5.24. The number of rotatable bonds is 6. The van der Waals surface area contributed by atoms with Gasteiger partial charge in [0.1, 0.15) is 11.6 Å². The Kier molecular flexibility index (Phi) is 6.16. The van der Waals surface area contributed by atoms with Crippen LogP contribution in [0, 0.1) is 26.6 Å². The van der Waals surface area contributed by atoms with Crippen molar-refractivity contribution in [2.24, 2.45) is 0 Å². The van der Waals surface area contributed by atoms with E-state index in [0.717, 1.165) is 5.82 Å². The summed E-state index contributed by atoms with van der Waals surface area (Å²) >= 11 is 0. The number of nitrogens with zero attached hydrogens (tertiary/aromatic N) is 3. The molecule has 0 N–H and O–H groups in total. The molecule has 0 radical (unpaired) electrons. The molecule has 3 aromatic rings. The highest BCUT2D eigenvalue weighted by molar-refractivity contribution is 5.94. The van der Waals surface area contributed by atoms with E-state index in [4.69, 9.17) is 0 Å². The van der Waals surface area contributed by atoms with E-state index >= 15 is 0 Å². The number of carbonyl (C=O) groups excluding carboxylic acids is 1. The van der Waals surface area contributed by atoms with E-state index in [-0.39, 0.29) is 11.9 Å². The molecule has 1 aromatic heterocycles. The quantitative estimate of drug-likeness (QED) is 0.588. The van der Waals surface area contributed by atoms with Gasteiger partial charge in [0.2, 0.25) is 0 Å². The van der Waals surface area contributed by atoms with Crippen LogP contribution in [0.4, 0.5) is 4.39 Å². The number of carbonyl (C=O) groups is 1. The Morgan fingerprint density at radius 1 is 1.14 bits per heavy atom. The number of benzene rings is 2. The third kappa shape index (κ3) is 4.73. The molecular formula is C24H28FN3O. The number of halogens is 1. The van der Waals surface area contributed by atoms with E-state index in [1.807, 2.05) is 20.0 Å². The Morgan fingerprint density at radius 3 is 2.45 bits per heavy atom. The Balaban J connectivity index is 1.86. The number of hydrogen-bond donors (Lipinski definition) is 0. The van der Waals surface area contributed by atoms with E-state index in [9.17, 15) is 9.18 Å². The molecule has 0 saturated heterocycles. The maximum absolute atomic E-state index is 13.6. The monoisotopic (exact) mass is 393 g/mol. The molecule has 0 aliphatic carbocycles. The van der Waals surface area contributed by atoms with Crippen LogP contribution >= 0.6 is 0 Å². The molecule has 29 heavy (non-hydrogen) atoms. The lowest BCUT2D eigenvalue weighted by atomic mass is 10.00. The molecular weight excluding hydrogens is 365 g/mol. The van der Waals surface area contributed by atoms with E-state index in [1.165, 1.54) is 34.4 Å². The molecule has 0 saturated carbocycles. The molecule has 1 heterocycles. The van der Waals surface area contributed by atoms with Crippen molar-refractivity contribution in [2.75, 3.05) is 0 Å². The average molecular weight is 394 g/mol. The van der Waals surface area contributed by atoms with E-state index in [0.29, 0.717) is 18.7 Å². The van der Waals surface area contributed by atoms with Crippen molar-refractivity contribution in [1.82, 2.24) is 14.5 Å². The van der Waals surface area contributed by atoms with Crippen molar-refractivity contribution < 1.29 is 9.18 Å². The second-order valence-corrected chi connectivity index (χ2v) is 7.89. The van der Waals surface area contributed by atoms with Gasteiger partial charge in [0, 0.05) is 30.5 Å². The molecule has 0 spiro atoms. The first-order valence-electron chi connectivity index (χ1n) is 9.89. The molecule has 0 aliphatic rings. The molecule has 0 bridgehead atoms. The number of aryl methyl sites for hydroxylation is 3. The zero-order valence-electron chi connectivity index (χ0n) is 17.7. The van der Waals surface area contributed by atoms with Gasteiger partial charge < -0.3 is 9.47 Å². The highest BCUT2D eigenvalue weighted by Crippen LogP contribution is 2.20. The second-order valence-electron chi connectivity index (χ2n) is 7.89. The number of imidazole rings is 1. The zero-order valence-corrected chi connectivity index (χ0v) is 17.7. The van der Waals surface area contributed by atoms with E-state index in [2.05, 4.69) is 42.5 Å². The first-order chi connectivity index (χ1) is 13.8. The van der Waals surface area contributed by atoms with Crippen molar-refractivity contribution in [3.8, 4) is 0 Å². The molecule has 0 atom stereocenters. The van der Waals surface area contributed by atoms with Crippen LogP contribution in [0.5, 0.6) is 0 Å². The van der Waals surface area contributed by atoms with Crippen LogP contribution in [-0.4, -0.2) is 26.4 Å². The second kappa shape index (κ2) is 8.60. The fourth-order valence-corrected chi connectivity index (χ4v) is 3.69. The minimum absolute atomic E-state index is 0.0428. The summed E-state index contributed by atoms with van der Waals surface area (Å²) in [6.45, 7) is 11.3. The lowest BCUT2D eigenvalue weighted by Crippen LogP contribution is -2.37. The van der Waals surface area contributed by atoms with Crippen molar-refractivity contribution >= 4 is 5.91 Å². The van der Waals surface area contributed by atoms with Crippen molar-refractivity contribution in [3.05, 3.63) is 88.3 Å². The molecule has 0 unspecified atom stereocenters. The molecule has 1 amide bonds. The minimum atomic E-state index is -0.411. The maximum atomic E-state index is 13.6. The van der Waals surface area contributed by atoms with Crippen molar-refractivity contribution in [2.45, 2.75) is 53.8 Å². The summed E-state index contributed by atoms with van der Waals surface area (Å²) in [5.74, 6) is 0.200. The topological polar surface area (TPSA) is 38.1 Å². The maximum Gasteiger partial charge on any atom is 0.254 e. The van der Waals surface area contributed by atoms with Crippen LogP contribution in [0.2, 0.25) is 0 Å². The van der Waals surface area contributed by atoms with Gasteiger partial charge in [-0.15, -0.1) is 0 Å². The van der Waals surface area contributed by atoms with Gasteiger partial charge >= 0.3 is 0 Å². The fraction of sp³-hybridized carbons (Fsp3) is 0.333. The van der Waals surface area contributed by atoms with Gasteiger partial charge in [-0.2, -0.15) is 0 Å². The summed E-state index contributed by atoms with van der Waals surface area (Å²) in [6.07, 6.45) is 3.71. The van der Waals surface area contributed by atoms with Crippen LogP contribution in [0.15, 0.2) is 48.8 Å². The summed E-state index contributed by atoms with van der Waals surface area (Å²) in [4.78, 5) is 19.2. The van der Waals surface area contributed by atoms with Gasteiger partial charge in [-0.25, -0.2) is 9.37 Å². The smallest absolute Gasteiger partial charge is 0.254 e. The number of aromatic nitrogens is 2. The van der Waals surface area contributed by atoms with Gasteiger partial charge in [-0.3, -0.25) is 4.79 Å². The molecule has 2 aromatic carbocycles. The van der Waals surface area contributed by atoms with E-state index in [1.54, 1.807) is 23.2 Å². The van der Waals surface area contributed by atoms with Crippen LogP contribution in [-0.2, 0) is 13.1 Å². The SMILES string of the molecule is Cc1cc(C)c(Cn2ccnc2CN(C(=O)c2cccc(F)c2)C(C)C)c(C)c1. The normalized spacial score (nSPS) is 11.1. The van der Waals surface area contributed by atoms with Crippen molar-refractivity contribution in [3.63, 3.8) is 0 Å². The van der Waals surface area contributed by atoms with Crippen LogP contribution in [0.25, 0.3) is 0 Å². The Labute approximate surface area is 172 Å². The largest absolute Gasteiger partial charge is 0.329 e. The van der Waals surface area contributed by atoms with Crippen LogP contribution < -0.4 is 0 Å². The predicted octanol–water partition coefficient (Wildman–Crippen LogP) is 5.05. The van der Waals surface area contributed by atoms with Crippen LogP contribution in [0.1, 0.15) is 52.3 Å². The highest BCUT2D eigenvalue weighted by atomic mass is 19.1. The summed E-state index contributed by atoms with van der Waals surface area (Å²) in [6, 6.07) is 10.2. The summed E-state index contributed by atoms with van der Waals surface area (Å²) in [5, 5.41) is 0. The fourth-order valence-electron chi connectivity index (χ4n) is 3.69. The van der Waals surface area contributed by atoms with Gasteiger partial charge in [0.25, 0.3) is 5.91 Å². The van der Waals surface area contributed by atoms with E-state index < -0.39 is 5.82 Å². The summed E-state index contributed by atoms with van der Waals surface area (Å²) in [7, 11) is 0. The molecule has 0 fully saturated rings. The van der Waals surface area contributed by atoms with Gasteiger partial charge in [-0.1, -0.05) is 23.8 Å². The Morgan fingerprint density at radius 2 is 1.83 bits per heavy atom. The van der Waals surface area contributed by atoms with Gasteiger partial charge in [-0.05, 0) is 69.5 Å². The zero-order chi connectivity index (χ0) is 21.1. The minimum Gasteiger partial charge on any atom is -0.329 e. The average Bonchev–Trinajstić information content (AvgIpc) is 3.08. The van der Waals surface area contributed by atoms with Crippen molar-refractivity contribution in [1.29, 1.82) is 0 Å². The Hall–Kier alpha value is -2.95. The third-order valence-corrected chi connectivity index (χ3v) is 5.24. The summed E-state index contributed by atoms with van der Waals surface area (Å²) in [5.41, 5.74) is 5.36. The van der Waals surface area contributed by atoms with Gasteiger partial charge in [0.05, 0.1) is 6.54 Å².